The molecule has 4 rings (SSSR count). The van der Waals surface area contributed by atoms with Crippen LogP contribution < -0.4 is 5.56 Å². The molecule has 1 atom stereocenters. The lowest BCUT2D eigenvalue weighted by Crippen LogP contribution is -2.35. The Morgan fingerprint density at radius 3 is 2.82 bits per heavy atom. The Labute approximate surface area is 169 Å². The standard InChI is InChI=1S/C22H29N3O2S/c1-5-7-8-9-10-25-14(3)23-18-16-11-15-13-27-22(4,6-2)12-17(15)24-20(16)28-19(18)21(25)26/h11H,5-10,12-13H2,1-4H3. The summed E-state index contributed by atoms with van der Waals surface area (Å²) in [6.45, 7) is 9.75. The number of fused-ring (bicyclic) bond motifs is 4. The molecule has 4 heterocycles. The molecule has 1 aliphatic heterocycles. The van der Waals surface area contributed by atoms with E-state index in [2.05, 4.69) is 26.8 Å². The first-order valence-corrected chi connectivity index (χ1v) is 11.2. The number of hydrogen-bond donors (Lipinski definition) is 0. The van der Waals surface area contributed by atoms with E-state index in [1.807, 2.05) is 11.5 Å². The van der Waals surface area contributed by atoms with Crippen molar-refractivity contribution in [1.82, 2.24) is 14.5 Å². The van der Waals surface area contributed by atoms with Crippen molar-refractivity contribution in [2.24, 2.45) is 0 Å². The molecular formula is C22H29N3O2S. The van der Waals surface area contributed by atoms with Crippen molar-refractivity contribution in [2.45, 2.75) is 85.0 Å². The summed E-state index contributed by atoms with van der Waals surface area (Å²) in [5.74, 6) is 0.793. The topological polar surface area (TPSA) is 57.0 Å². The lowest BCUT2D eigenvalue weighted by Gasteiger charge is -2.33. The molecule has 0 saturated carbocycles. The number of nitrogens with zero attached hydrogens (tertiary/aromatic N) is 3. The minimum Gasteiger partial charge on any atom is -0.370 e. The summed E-state index contributed by atoms with van der Waals surface area (Å²) in [5.41, 5.74) is 2.96. The molecule has 1 unspecified atom stereocenters. The van der Waals surface area contributed by atoms with Gasteiger partial charge in [0.1, 0.15) is 15.4 Å². The van der Waals surface area contributed by atoms with Gasteiger partial charge >= 0.3 is 0 Å². The van der Waals surface area contributed by atoms with E-state index in [1.165, 1.54) is 24.2 Å². The number of unbranched alkanes of at least 4 members (excludes halogenated alkanes) is 3. The fraction of sp³-hybridized carbons (Fsp3) is 0.591. The van der Waals surface area contributed by atoms with Crippen LogP contribution in [0.2, 0.25) is 0 Å². The fourth-order valence-electron chi connectivity index (χ4n) is 3.96. The molecule has 1 aliphatic rings. The third-order valence-corrected chi connectivity index (χ3v) is 7.11. The van der Waals surface area contributed by atoms with E-state index in [4.69, 9.17) is 14.7 Å². The molecule has 6 heteroatoms. The maximum Gasteiger partial charge on any atom is 0.271 e. The summed E-state index contributed by atoms with van der Waals surface area (Å²) < 4.78 is 8.65. The highest BCUT2D eigenvalue weighted by molar-refractivity contribution is 7.25. The van der Waals surface area contributed by atoms with E-state index < -0.39 is 0 Å². The average molecular weight is 400 g/mol. The highest BCUT2D eigenvalue weighted by Gasteiger charge is 2.31. The van der Waals surface area contributed by atoms with E-state index in [0.29, 0.717) is 6.61 Å². The second-order valence-electron chi connectivity index (χ2n) is 8.17. The lowest BCUT2D eigenvalue weighted by atomic mass is 9.91. The summed E-state index contributed by atoms with van der Waals surface area (Å²) in [4.78, 5) is 23.8. The van der Waals surface area contributed by atoms with Crippen LogP contribution in [0.5, 0.6) is 0 Å². The monoisotopic (exact) mass is 399 g/mol. The molecule has 0 amide bonds. The summed E-state index contributed by atoms with van der Waals surface area (Å²) in [6.07, 6.45) is 6.35. The van der Waals surface area contributed by atoms with Crippen LogP contribution in [-0.4, -0.2) is 20.1 Å². The summed E-state index contributed by atoms with van der Waals surface area (Å²) in [7, 11) is 0. The van der Waals surface area contributed by atoms with Crippen LogP contribution in [0.25, 0.3) is 20.4 Å². The van der Waals surface area contributed by atoms with Gasteiger partial charge in [0.2, 0.25) is 0 Å². The number of ether oxygens (including phenoxy) is 1. The SMILES string of the molecule is CCCCCCn1c(C)nc2c(sc3nc4c(cc32)COC(C)(CC)C4)c1=O. The molecule has 3 aromatic rings. The van der Waals surface area contributed by atoms with Crippen LogP contribution in [0.15, 0.2) is 10.9 Å². The average Bonchev–Trinajstić information content (AvgIpc) is 3.03. The van der Waals surface area contributed by atoms with Gasteiger partial charge in [-0.1, -0.05) is 33.1 Å². The molecular weight excluding hydrogens is 370 g/mol. The zero-order chi connectivity index (χ0) is 19.9. The maximum atomic E-state index is 13.1. The molecule has 0 bridgehead atoms. The molecule has 0 aliphatic carbocycles. The molecule has 0 N–H and O–H groups in total. The first-order chi connectivity index (χ1) is 13.5. The van der Waals surface area contributed by atoms with Gasteiger partial charge in [-0.3, -0.25) is 9.36 Å². The minimum atomic E-state index is -0.148. The number of rotatable bonds is 6. The first-order valence-electron chi connectivity index (χ1n) is 10.4. The Morgan fingerprint density at radius 1 is 1.25 bits per heavy atom. The van der Waals surface area contributed by atoms with Crippen LogP contribution in [0.1, 0.15) is 70.0 Å². The zero-order valence-electron chi connectivity index (χ0n) is 17.3. The van der Waals surface area contributed by atoms with Crippen LogP contribution >= 0.6 is 11.3 Å². The summed E-state index contributed by atoms with van der Waals surface area (Å²) >= 11 is 1.49. The number of hydrogen-bond acceptors (Lipinski definition) is 5. The molecule has 150 valence electrons. The number of thiophene rings is 1. The fourth-order valence-corrected chi connectivity index (χ4v) is 5.02. The predicted molar refractivity (Wildman–Crippen MR) is 115 cm³/mol. The molecule has 28 heavy (non-hydrogen) atoms. The van der Waals surface area contributed by atoms with E-state index in [9.17, 15) is 4.79 Å². The van der Waals surface area contributed by atoms with Crippen molar-refractivity contribution in [3.05, 3.63) is 33.5 Å². The number of aromatic nitrogens is 3. The normalized spacial score (nSPS) is 19.4. The van der Waals surface area contributed by atoms with Gasteiger partial charge in [0.25, 0.3) is 5.56 Å². The second-order valence-corrected chi connectivity index (χ2v) is 9.17. The van der Waals surface area contributed by atoms with Gasteiger partial charge in [0, 0.05) is 23.9 Å². The van der Waals surface area contributed by atoms with Crippen molar-refractivity contribution in [2.75, 3.05) is 0 Å². The third-order valence-electron chi connectivity index (χ3n) is 6.03. The van der Waals surface area contributed by atoms with Gasteiger partial charge in [0.05, 0.1) is 23.4 Å². The van der Waals surface area contributed by atoms with Crippen LogP contribution in [-0.2, 0) is 24.3 Å². The largest absolute Gasteiger partial charge is 0.370 e. The van der Waals surface area contributed by atoms with Crippen molar-refractivity contribution in [3.63, 3.8) is 0 Å². The molecule has 0 aromatic carbocycles. The zero-order valence-corrected chi connectivity index (χ0v) is 18.1. The highest BCUT2D eigenvalue weighted by Crippen LogP contribution is 2.35. The Bertz CT molecular complexity index is 1080. The predicted octanol–water partition coefficient (Wildman–Crippen LogP) is 5.14. The lowest BCUT2D eigenvalue weighted by molar-refractivity contribution is -0.0573. The van der Waals surface area contributed by atoms with Gasteiger partial charge in [0.15, 0.2) is 0 Å². The van der Waals surface area contributed by atoms with Crippen molar-refractivity contribution < 1.29 is 4.74 Å². The Kier molecular flexibility index (Phi) is 5.27. The smallest absolute Gasteiger partial charge is 0.271 e. The van der Waals surface area contributed by atoms with E-state index in [0.717, 1.165) is 69.7 Å². The van der Waals surface area contributed by atoms with E-state index in [-0.39, 0.29) is 11.2 Å². The molecule has 3 aromatic heterocycles. The molecule has 0 fully saturated rings. The molecule has 0 radical (unpaired) electrons. The second kappa shape index (κ2) is 7.56. The highest BCUT2D eigenvalue weighted by atomic mass is 32.1. The van der Waals surface area contributed by atoms with Crippen molar-refractivity contribution in [3.8, 4) is 0 Å². The maximum absolute atomic E-state index is 13.1. The summed E-state index contributed by atoms with van der Waals surface area (Å²) in [5, 5.41) is 0.987. The first kappa shape index (κ1) is 19.5. The number of aryl methyl sites for hydroxylation is 1. The van der Waals surface area contributed by atoms with Crippen molar-refractivity contribution >= 4 is 31.8 Å². The van der Waals surface area contributed by atoms with Gasteiger partial charge in [-0.2, -0.15) is 0 Å². The number of pyridine rings is 1. The van der Waals surface area contributed by atoms with Gasteiger partial charge in [-0.15, -0.1) is 11.3 Å². The van der Waals surface area contributed by atoms with Crippen molar-refractivity contribution in [1.29, 1.82) is 0 Å². The van der Waals surface area contributed by atoms with Crippen LogP contribution in [0.4, 0.5) is 0 Å². The summed E-state index contributed by atoms with van der Waals surface area (Å²) in [6, 6.07) is 2.14. The van der Waals surface area contributed by atoms with Crippen LogP contribution in [0.3, 0.4) is 0 Å². The molecule has 0 saturated heterocycles. The molecule has 0 spiro atoms. The minimum absolute atomic E-state index is 0.0783. The van der Waals surface area contributed by atoms with E-state index in [1.54, 1.807) is 0 Å². The van der Waals surface area contributed by atoms with Gasteiger partial charge in [-0.05, 0) is 32.8 Å². The van der Waals surface area contributed by atoms with E-state index >= 15 is 0 Å². The van der Waals surface area contributed by atoms with Gasteiger partial charge < -0.3 is 4.74 Å². The van der Waals surface area contributed by atoms with Gasteiger partial charge in [-0.25, -0.2) is 9.97 Å². The Hall–Kier alpha value is -1.79. The third kappa shape index (κ3) is 3.37. The quantitative estimate of drug-likeness (QED) is 0.539. The van der Waals surface area contributed by atoms with Crippen LogP contribution in [0, 0.1) is 6.92 Å². The Morgan fingerprint density at radius 2 is 2.07 bits per heavy atom. The molecule has 5 nitrogen and oxygen atoms in total. The Balaban J connectivity index is 1.78.